The van der Waals surface area contributed by atoms with Crippen LogP contribution in [0.2, 0.25) is 0 Å². The zero-order valence-corrected chi connectivity index (χ0v) is 16.5. The lowest BCUT2D eigenvalue weighted by Gasteiger charge is -2.10. The molecule has 2 amide bonds. The van der Waals surface area contributed by atoms with Crippen LogP contribution in [0.25, 0.3) is 0 Å². The van der Waals surface area contributed by atoms with Gasteiger partial charge in [0.1, 0.15) is 5.75 Å². The number of anilines is 2. The monoisotopic (exact) mass is 435 g/mol. The van der Waals surface area contributed by atoms with Crippen molar-refractivity contribution in [2.75, 3.05) is 17.2 Å². The maximum atomic E-state index is 12.6. The predicted octanol–water partition coefficient (Wildman–Crippen LogP) is 3.56. The van der Waals surface area contributed by atoms with E-state index in [-0.39, 0.29) is 22.6 Å². The Labute approximate surface area is 181 Å². The van der Waals surface area contributed by atoms with Crippen LogP contribution in [-0.2, 0) is 4.79 Å². The Kier molecular flexibility index (Phi) is 6.76. The number of hydrogen-bond acceptors (Lipinski definition) is 6. The molecule has 0 spiro atoms. The third kappa shape index (κ3) is 5.89. The first-order valence-corrected chi connectivity index (χ1v) is 9.24. The summed E-state index contributed by atoms with van der Waals surface area (Å²) in [7, 11) is 0. The molecule has 10 nitrogen and oxygen atoms in total. The first kappa shape index (κ1) is 22.0. The zero-order chi connectivity index (χ0) is 23.1. The van der Waals surface area contributed by atoms with Crippen molar-refractivity contribution in [3.05, 3.63) is 94.0 Å². The lowest BCUT2D eigenvalue weighted by atomic mass is 10.1. The minimum absolute atomic E-state index is 0.127. The summed E-state index contributed by atoms with van der Waals surface area (Å²) in [6.45, 7) is -0.506. The summed E-state index contributed by atoms with van der Waals surface area (Å²) < 4.78 is 5.09. The molecule has 3 rings (SSSR count). The maximum absolute atomic E-state index is 12.6. The summed E-state index contributed by atoms with van der Waals surface area (Å²) in [6, 6.07) is 17.6. The van der Waals surface area contributed by atoms with Crippen molar-refractivity contribution in [2.45, 2.75) is 0 Å². The molecule has 0 unspecified atom stereocenters. The third-order valence-corrected chi connectivity index (χ3v) is 4.18. The molecule has 0 aliphatic heterocycles. The van der Waals surface area contributed by atoms with Crippen LogP contribution in [0.3, 0.4) is 0 Å². The standard InChI is InChI=1S/C22H17N3O7/c26-20(27)13-32-19-6-2-5-17(12-19)24-22(29)15-3-1-4-16(11-15)23-21(28)14-7-9-18(10-8-14)25(30)31/h1-12H,13H2,(H,23,28)(H,24,29)(H,26,27). The first-order valence-electron chi connectivity index (χ1n) is 9.24. The van der Waals surface area contributed by atoms with Gasteiger partial charge in [0.05, 0.1) is 4.92 Å². The smallest absolute Gasteiger partial charge is 0.341 e. The number of carbonyl (C=O) groups is 3. The number of rotatable bonds is 8. The fourth-order valence-electron chi connectivity index (χ4n) is 2.69. The number of nitrogens with zero attached hydrogens (tertiary/aromatic N) is 1. The second-order valence-electron chi connectivity index (χ2n) is 6.50. The van der Waals surface area contributed by atoms with Gasteiger partial charge in [0.25, 0.3) is 17.5 Å². The number of aliphatic carboxylic acids is 1. The average molecular weight is 435 g/mol. The molecule has 3 aromatic carbocycles. The summed E-state index contributed by atoms with van der Waals surface area (Å²) in [4.78, 5) is 45.7. The highest BCUT2D eigenvalue weighted by molar-refractivity contribution is 6.07. The molecule has 0 radical (unpaired) electrons. The SMILES string of the molecule is O=C(O)COc1cccc(NC(=O)c2cccc(NC(=O)c3ccc([N+](=O)[O-])cc3)c2)c1. The van der Waals surface area contributed by atoms with E-state index in [1.54, 1.807) is 36.4 Å². The number of benzene rings is 3. The van der Waals surface area contributed by atoms with Crippen molar-refractivity contribution in [3.8, 4) is 5.75 Å². The van der Waals surface area contributed by atoms with Crippen LogP contribution in [-0.4, -0.2) is 34.4 Å². The van der Waals surface area contributed by atoms with E-state index in [0.29, 0.717) is 11.4 Å². The Balaban J connectivity index is 1.67. The zero-order valence-electron chi connectivity index (χ0n) is 16.5. The summed E-state index contributed by atoms with van der Waals surface area (Å²) in [5, 5.41) is 24.7. The molecule has 0 heterocycles. The van der Waals surface area contributed by atoms with E-state index in [0.717, 1.165) is 0 Å². The van der Waals surface area contributed by atoms with Gasteiger partial charge in [0, 0.05) is 40.7 Å². The van der Waals surface area contributed by atoms with Gasteiger partial charge in [0.15, 0.2) is 6.61 Å². The Hall–Kier alpha value is -4.73. The molecule has 0 saturated carbocycles. The highest BCUT2D eigenvalue weighted by Gasteiger charge is 2.12. The molecule has 0 saturated heterocycles. The van der Waals surface area contributed by atoms with E-state index < -0.39 is 29.3 Å². The second kappa shape index (κ2) is 9.85. The van der Waals surface area contributed by atoms with E-state index in [1.165, 1.54) is 36.4 Å². The number of carbonyl (C=O) groups excluding carboxylic acids is 2. The van der Waals surface area contributed by atoms with E-state index in [4.69, 9.17) is 9.84 Å². The van der Waals surface area contributed by atoms with Gasteiger partial charge in [0.2, 0.25) is 0 Å². The van der Waals surface area contributed by atoms with Crippen LogP contribution >= 0.6 is 0 Å². The molecule has 10 heteroatoms. The van der Waals surface area contributed by atoms with Crippen molar-refractivity contribution >= 4 is 34.8 Å². The molecule has 3 N–H and O–H groups in total. The predicted molar refractivity (Wildman–Crippen MR) is 115 cm³/mol. The van der Waals surface area contributed by atoms with Gasteiger partial charge in [-0.25, -0.2) is 4.79 Å². The normalized spacial score (nSPS) is 10.1. The summed E-state index contributed by atoms with van der Waals surface area (Å²) in [5.41, 5.74) is 1.13. The second-order valence-corrected chi connectivity index (χ2v) is 6.50. The Morgan fingerprint density at radius 2 is 1.44 bits per heavy atom. The fourth-order valence-corrected chi connectivity index (χ4v) is 2.69. The molecule has 0 atom stereocenters. The summed E-state index contributed by atoms with van der Waals surface area (Å²) in [6.07, 6.45) is 0. The van der Waals surface area contributed by atoms with Crippen LogP contribution in [0.4, 0.5) is 17.1 Å². The number of carboxylic acids is 1. The Bertz CT molecular complexity index is 1180. The van der Waals surface area contributed by atoms with Gasteiger partial charge in [-0.1, -0.05) is 12.1 Å². The number of carboxylic acid groups (broad SMARTS) is 1. The van der Waals surface area contributed by atoms with Gasteiger partial charge >= 0.3 is 5.97 Å². The number of non-ortho nitro benzene ring substituents is 1. The van der Waals surface area contributed by atoms with E-state index in [2.05, 4.69) is 10.6 Å². The van der Waals surface area contributed by atoms with Crippen LogP contribution < -0.4 is 15.4 Å². The molecule has 32 heavy (non-hydrogen) atoms. The van der Waals surface area contributed by atoms with Crippen LogP contribution in [0.15, 0.2) is 72.8 Å². The lowest BCUT2D eigenvalue weighted by Crippen LogP contribution is -2.15. The summed E-state index contributed by atoms with van der Waals surface area (Å²) >= 11 is 0. The molecular weight excluding hydrogens is 418 g/mol. The van der Waals surface area contributed by atoms with E-state index in [1.807, 2.05) is 0 Å². The first-order chi connectivity index (χ1) is 15.3. The number of nitro benzene ring substituents is 1. The van der Waals surface area contributed by atoms with Crippen molar-refractivity contribution in [1.82, 2.24) is 0 Å². The Morgan fingerprint density at radius 3 is 2.06 bits per heavy atom. The molecule has 0 bridgehead atoms. The lowest BCUT2D eigenvalue weighted by molar-refractivity contribution is -0.384. The minimum atomic E-state index is -1.12. The maximum Gasteiger partial charge on any atom is 0.341 e. The van der Waals surface area contributed by atoms with Crippen molar-refractivity contribution in [2.24, 2.45) is 0 Å². The molecule has 0 aliphatic carbocycles. The molecule has 162 valence electrons. The Morgan fingerprint density at radius 1 is 0.844 bits per heavy atom. The number of hydrogen-bond donors (Lipinski definition) is 3. The van der Waals surface area contributed by atoms with Crippen LogP contribution in [0.1, 0.15) is 20.7 Å². The van der Waals surface area contributed by atoms with Gasteiger partial charge in [-0.2, -0.15) is 0 Å². The highest BCUT2D eigenvalue weighted by Crippen LogP contribution is 2.20. The molecule has 0 aromatic heterocycles. The van der Waals surface area contributed by atoms with E-state index >= 15 is 0 Å². The van der Waals surface area contributed by atoms with Gasteiger partial charge in [-0.3, -0.25) is 19.7 Å². The van der Waals surface area contributed by atoms with Crippen molar-refractivity contribution in [3.63, 3.8) is 0 Å². The number of amides is 2. The number of nitrogens with one attached hydrogen (secondary N) is 2. The average Bonchev–Trinajstić information content (AvgIpc) is 2.78. The van der Waals surface area contributed by atoms with Crippen molar-refractivity contribution in [1.29, 1.82) is 0 Å². The van der Waals surface area contributed by atoms with Gasteiger partial charge in [-0.05, 0) is 42.5 Å². The van der Waals surface area contributed by atoms with Crippen LogP contribution in [0.5, 0.6) is 5.75 Å². The number of nitro groups is 1. The van der Waals surface area contributed by atoms with Crippen molar-refractivity contribution < 1.29 is 29.2 Å². The fraction of sp³-hybridized carbons (Fsp3) is 0.0455. The minimum Gasteiger partial charge on any atom is -0.482 e. The van der Waals surface area contributed by atoms with Crippen LogP contribution in [0, 0.1) is 10.1 Å². The van der Waals surface area contributed by atoms with Gasteiger partial charge in [-0.15, -0.1) is 0 Å². The largest absolute Gasteiger partial charge is 0.482 e. The molecule has 0 fully saturated rings. The van der Waals surface area contributed by atoms with E-state index in [9.17, 15) is 24.5 Å². The highest BCUT2D eigenvalue weighted by atomic mass is 16.6. The molecule has 3 aromatic rings. The topological polar surface area (TPSA) is 148 Å². The van der Waals surface area contributed by atoms with Gasteiger partial charge < -0.3 is 20.5 Å². The quantitative estimate of drug-likeness (QED) is 0.362. The molecular formula is C22H17N3O7. The number of ether oxygens (including phenoxy) is 1. The molecule has 0 aliphatic rings. The summed E-state index contributed by atoms with van der Waals surface area (Å²) in [5.74, 6) is -1.77. The third-order valence-electron chi connectivity index (χ3n) is 4.18.